The Kier molecular flexibility index (Phi) is 5.99. The van der Waals surface area contributed by atoms with Crippen molar-refractivity contribution in [1.82, 2.24) is 0 Å². The molecule has 0 aromatic heterocycles. The standard InChI is InChI=1S/C7H18N2/c1-4-8-5-6-9-7(2)3/h7-9H,4-6H2,1-3H3/p+2. The fourth-order valence-corrected chi connectivity index (χ4v) is 0.752. The maximum absolute atomic E-state index is 2.37. The molecule has 0 aliphatic carbocycles. The van der Waals surface area contributed by atoms with E-state index >= 15 is 0 Å². The highest BCUT2D eigenvalue weighted by Gasteiger charge is 1.94. The van der Waals surface area contributed by atoms with Gasteiger partial charge in [-0.05, 0) is 20.8 Å². The van der Waals surface area contributed by atoms with Crippen molar-refractivity contribution < 1.29 is 10.6 Å². The van der Waals surface area contributed by atoms with Crippen molar-refractivity contribution in [3.05, 3.63) is 0 Å². The molecule has 0 aliphatic heterocycles. The van der Waals surface area contributed by atoms with E-state index in [1.807, 2.05) is 0 Å². The summed E-state index contributed by atoms with van der Waals surface area (Å²) in [4.78, 5) is 0. The summed E-state index contributed by atoms with van der Waals surface area (Å²) >= 11 is 0. The summed E-state index contributed by atoms with van der Waals surface area (Å²) in [5, 5.41) is 4.70. The van der Waals surface area contributed by atoms with Crippen molar-refractivity contribution in [3.63, 3.8) is 0 Å². The molecule has 0 amide bonds. The third-order valence-corrected chi connectivity index (χ3v) is 1.30. The van der Waals surface area contributed by atoms with Crippen LogP contribution >= 0.6 is 0 Å². The third-order valence-electron chi connectivity index (χ3n) is 1.30. The molecule has 0 unspecified atom stereocenters. The molecule has 0 spiro atoms. The second kappa shape index (κ2) is 6.05. The van der Waals surface area contributed by atoms with Crippen LogP contribution in [0, 0.1) is 0 Å². The Balaban J connectivity index is 2.75. The van der Waals surface area contributed by atoms with Gasteiger partial charge in [0, 0.05) is 0 Å². The van der Waals surface area contributed by atoms with E-state index in [-0.39, 0.29) is 0 Å². The van der Waals surface area contributed by atoms with Gasteiger partial charge in [-0.3, -0.25) is 0 Å². The largest absolute Gasteiger partial charge is 0.342 e. The second-order valence-electron chi connectivity index (χ2n) is 2.75. The molecule has 2 heteroatoms. The molecule has 0 saturated heterocycles. The third kappa shape index (κ3) is 7.92. The van der Waals surface area contributed by atoms with Crippen LogP contribution in [0.3, 0.4) is 0 Å². The lowest BCUT2D eigenvalue weighted by atomic mass is 10.4. The fourth-order valence-electron chi connectivity index (χ4n) is 0.752. The van der Waals surface area contributed by atoms with Crippen molar-refractivity contribution in [1.29, 1.82) is 0 Å². The minimum atomic E-state index is 0.759. The van der Waals surface area contributed by atoms with Crippen molar-refractivity contribution in [2.24, 2.45) is 0 Å². The average Bonchev–Trinajstić information content (AvgIpc) is 1.80. The topological polar surface area (TPSA) is 33.2 Å². The number of likely N-dealkylation sites (N-methyl/N-ethyl adjacent to an activating group) is 1. The van der Waals surface area contributed by atoms with E-state index in [0.29, 0.717) is 0 Å². The van der Waals surface area contributed by atoms with Crippen molar-refractivity contribution in [2.45, 2.75) is 26.8 Å². The Labute approximate surface area is 58.0 Å². The van der Waals surface area contributed by atoms with Gasteiger partial charge in [0.15, 0.2) is 0 Å². The quantitative estimate of drug-likeness (QED) is 0.429. The Bertz CT molecular complexity index is 52.9. The maximum atomic E-state index is 2.37. The summed E-state index contributed by atoms with van der Waals surface area (Å²) in [5.41, 5.74) is 0. The lowest BCUT2D eigenvalue weighted by Crippen LogP contribution is -2.96. The first kappa shape index (κ1) is 8.92. The van der Waals surface area contributed by atoms with Crippen molar-refractivity contribution >= 4 is 0 Å². The average molecular weight is 132 g/mol. The number of hydrogen-bond donors (Lipinski definition) is 2. The van der Waals surface area contributed by atoms with E-state index in [0.717, 1.165) is 6.04 Å². The van der Waals surface area contributed by atoms with Gasteiger partial charge in [-0.25, -0.2) is 0 Å². The summed E-state index contributed by atoms with van der Waals surface area (Å²) in [6.45, 7) is 10.4. The van der Waals surface area contributed by atoms with E-state index < -0.39 is 0 Å². The number of rotatable bonds is 5. The molecule has 0 fully saturated rings. The maximum Gasteiger partial charge on any atom is 0.125 e. The highest BCUT2D eigenvalue weighted by molar-refractivity contribution is 4.25. The van der Waals surface area contributed by atoms with Crippen LogP contribution in [0.2, 0.25) is 0 Å². The lowest BCUT2D eigenvalue weighted by molar-refractivity contribution is -0.736. The zero-order chi connectivity index (χ0) is 7.11. The van der Waals surface area contributed by atoms with Crippen molar-refractivity contribution in [3.8, 4) is 0 Å². The summed E-state index contributed by atoms with van der Waals surface area (Å²) in [6.07, 6.45) is 0. The van der Waals surface area contributed by atoms with Crippen LogP contribution < -0.4 is 10.6 Å². The molecule has 0 atom stereocenters. The zero-order valence-corrected chi connectivity index (χ0v) is 6.85. The fraction of sp³-hybridized carbons (Fsp3) is 1.00. The highest BCUT2D eigenvalue weighted by atomic mass is 14.9. The van der Waals surface area contributed by atoms with Gasteiger partial charge in [0.05, 0.1) is 12.6 Å². The monoisotopic (exact) mass is 132 g/mol. The SMILES string of the molecule is CC[NH2+]CC[NH2+]C(C)C. The Morgan fingerprint density at radius 2 is 1.89 bits per heavy atom. The van der Waals surface area contributed by atoms with Gasteiger partial charge in [0.25, 0.3) is 0 Å². The predicted molar refractivity (Wildman–Crippen MR) is 39.3 cm³/mol. The molecule has 0 radical (unpaired) electrons. The molecular formula is C7H20N2+2. The molecule has 0 aliphatic rings. The van der Waals surface area contributed by atoms with Gasteiger partial charge < -0.3 is 10.6 Å². The molecule has 56 valence electrons. The normalized spacial score (nSPS) is 10.7. The van der Waals surface area contributed by atoms with Gasteiger partial charge in [0.2, 0.25) is 0 Å². The Morgan fingerprint density at radius 1 is 1.22 bits per heavy atom. The van der Waals surface area contributed by atoms with Gasteiger partial charge >= 0.3 is 0 Å². The molecule has 0 aromatic carbocycles. The number of nitrogens with two attached hydrogens (primary N) is 2. The zero-order valence-electron chi connectivity index (χ0n) is 6.85. The molecule has 0 rings (SSSR count). The van der Waals surface area contributed by atoms with E-state index in [2.05, 4.69) is 31.4 Å². The van der Waals surface area contributed by atoms with Crippen LogP contribution in [-0.4, -0.2) is 25.7 Å². The number of hydrogen-bond acceptors (Lipinski definition) is 0. The molecule has 0 bridgehead atoms. The minimum absolute atomic E-state index is 0.759. The Hall–Kier alpha value is -0.0800. The van der Waals surface area contributed by atoms with Gasteiger partial charge in [-0.1, -0.05) is 0 Å². The second-order valence-corrected chi connectivity index (χ2v) is 2.75. The summed E-state index contributed by atoms with van der Waals surface area (Å²) in [5.74, 6) is 0. The summed E-state index contributed by atoms with van der Waals surface area (Å²) < 4.78 is 0. The summed E-state index contributed by atoms with van der Waals surface area (Å²) in [6, 6.07) is 0.759. The molecule has 0 heterocycles. The lowest BCUT2D eigenvalue weighted by Gasteiger charge is -2.02. The van der Waals surface area contributed by atoms with E-state index in [9.17, 15) is 0 Å². The molecular weight excluding hydrogens is 112 g/mol. The van der Waals surface area contributed by atoms with Gasteiger partial charge in [0.1, 0.15) is 13.1 Å². The van der Waals surface area contributed by atoms with Gasteiger partial charge in [-0.2, -0.15) is 0 Å². The van der Waals surface area contributed by atoms with Crippen molar-refractivity contribution in [2.75, 3.05) is 19.6 Å². The Morgan fingerprint density at radius 3 is 2.33 bits per heavy atom. The molecule has 4 N–H and O–H groups in total. The first-order valence-electron chi connectivity index (χ1n) is 3.92. The van der Waals surface area contributed by atoms with E-state index in [1.54, 1.807) is 0 Å². The number of quaternary nitrogens is 2. The minimum Gasteiger partial charge on any atom is -0.342 e. The predicted octanol–water partition coefficient (Wildman–Crippen LogP) is -1.46. The van der Waals surface area contributed by atoms with Crippen LogP contribution in [-0.2, 0) is 0 Å². The molecule has 0 saturated carbocycles. The van der Waals surface area contributed by atoms with Crippen LogP contribution in [0.4, 0.5) is 0 Å². The van der Waals surface area contributed by atoms with E-state index in [4.69, 9.17) is 0 Å². The van der Waals surface area contributed by atoms with Crippen LogP contribution in [0.25, 0.3) is 0 Å². The van der Waals surface area contributed by atoms with Crippen LogP contribution in [0.15, 0.2) is 0 Å². The molecule has 9 heavy (non-hydrogen) atoms. The first-order chi connectivity index (χ1) is 4.27. The highest BCUT2D eigenvalue weighted by Crippen LogP contribution is 1.58. The molecule has 0 aromatic rings. The molecule has 2 nitrogen and oxygen atoms in total. The smallest absolute Gasteiger partial charge is 0.125 e. The van der Waals surface area contributed by atoms with E-state index in [1.165, 1.54) is 19.6 Å². The van der Waals surface area contributed by atoms with Crippen LogP contribution in [0.5, 0.6) is 0 Å². The first-order valence-corrected chi connectivity index (χ1v) is 3.92. The van der Waals surface area contributed by atoms with Gasteiger partial charge in [-0.15, -0.1) is 0 Å². The summed E-state index contributed by atoms with van der Waals surface area (Å²) in [7, 11) is 0. The van der Waals surface area contributed by atoms with Crippen LogP contribution in [0.1, 0.15) is 20.8 Å².